The van der Waals surface area contributed by atoms with Crippen molar-refractivity contribution in [1.82, 2.24) is 19.9 Å². The standard InChI is InChI=1S/C22H25N5O/c1-15-8-5-13-21(23-15)22-24-16(2)14-19(26-22)11-6-9-18-10-7-12-20(25-18)17(3)27-28-4/h5,7-8,10,12-14H,6,9,11H2,1-4H3/b27-17+. The molecule has 28 heavy (non-hydrogen) atoms. The molecule has 6 nitrogen and oxygen atoms in total. The van der Waals surface area contributed by atoms with E-state index in [1.54, 1.807) is 0 Å². The number of aryl methyl sites for hydroxylation is 4. The van der Waals surface area contributed by atoms with Crippen LogP contribution in [0, 0.1) is 13.8 Å². The van der Waals surface area contributed by atoms with Crippen molar-refractivity contribution < 1.29 is 4.84 Å². The molecule has 3 aromatic rings. The Morgan fingerprint density at radius 3 is 2.46 bits per heavy atom. The van der Waals surface area contributed by atoms with Crippen LogP contribution in [0.3, 0.4) is 0 Å². The zero-order valence-electron chi connectivity index (χ0n) is 16.8. The van der Waals surface area contributed by atoms with E-state index in [-0.39, 0.29) is 0 Å². The second-order valence-electron chi connectivity index (χ2n) is 6.72. The molecular weight excluding hydrogens is 350 g/mol. The fraction of sp³-hybridized carbons (Fsp3) is 0.318. The average Bonchev–Trinajstić information content (AvgIpc) is 2.68. The second kappa shape index (κ2) is 9.17. The minimum atomic E-state index is 0.685. The molecule has 0 spiro atoms. The van der Waals surface area contributed by atoms with Gasteiger partial charge in [0, 0.05) is 22.8 Å². The van der Waals surface area contributed by atoms with Gasteiger partial charge in [0.25, 0.3) is 0 Å². The summed E-state index contributed by atoms with van der Waals surface area (Å²) < 4.78 is 0. The largest absolute Gasteiger partial charge is 0.399 e. The van der Waals surface area contributed by atoms with Crippen LogP contribution >= 0.6 is 0 Å². The molecule has 0 aliphatic rings. The SMILES string of the molecule is CO/N=C(\C)c1cccc(CCCc2cc(C)nc(-c3cccc(C)n3)n2)n1. The Hall–Kier alpha value is -3.15. The summed E-state index contributed by atoms with van der Waals surface area (Å²) in [5.41, 5.74) is 6.40. The van der Waals surface area contributed by atoms with Crippen LogP contribution in [-0.4, -0.2) is 32.8 Å². The van der Waals surface area contributed by atoms with Gasteiger partial charge in [-0.1, -0.05) is 17.3 Å². The number of pyridine rings is 2. The molecule has 0 radical (unpaired) electrons. The first kappa shape index (κ1) is 19.6. The van der Waals surface area contributed by atoms with Gasteiger partial charge in [-0.25, -0.2) is 15.0 Å². The molecule has 0 N–H and O–H groups in total. The number of nitrogens with zero attached hydrogens (tertiary/aromatic N) is 5. The summed E-state index contributed by atoms with van der Waals surface area (Å²) in [4.78, 5) is 23.3. The van der Waals surface area contributed by atoms with Crippen molar-refractivity contribution in [3.63, 3.8) is 0 Å². The minimum Gasteiger partial charge on any atom is -0.399 e. The highest BCUT2D eigenvalue weighted by Crippen LogP contribution is 2.15. The summed E-state index contributed by atoms with van der Waals surface area (Å²) in [6.45, 7) is 5.86. The Morgan fingerprint density at radius 2 is 1.68 bits per heavy atom. The van der Waals surface area contributed by atoms with E-state index in [9.17, 15) is 0 Å². The van der Waals surface area contributed by atoms with Gasteiger partial charge in [0.15, 0.2) is 5.82 Å². The summed E-state index contributed by atoms with van der Waals surface area (Å²) in [6, 6.07) is 13.9. The number of hydrogen-bond donors (Lipinski definition) is 0. The molecule has 144 valence electrons. The molecule has 0 aliphatic carbocycles. The van der Waals surface area contributed by atoms with Gasteiger partial charge < -0.3 is 4.84 Å². The average molecular weight is 375 g/mol. The highest BCUT2D eigenvalue weighted by Gasteiger charge is 2.08. The zero-order chi connectivity index (χ0) is 19.9. The zero-order valence-corrected chi connectivity index (χ0v) is 16.8. The lowest BCUT2D eigenvalue weighted by Crippen LogP contribution is -2.03. The van der Waals surface area contributed by atoms with E-state index in [0.717, 1.165) is 59.1 Å². The van der Waals surface area contributed by atoms with Gasteiger partial charge >= 0.3 is 0 Å². The van der Waals surface area contributed by atoms with Crippen molar-refractivity contribution in [3.8, 4) is 11.5 Å². The minimum absolute atomic E-state index is 0.685. The van der Waals surface area contributed by atoms with Crippen molar-refractivity contribution in [2.45, 2.75) is 40.0 Å². The molecule has 0 saturated carbocycles. The second-order valence-corrected chi connectivity index (χ2v) is 6.72. The third-order valence-corrected chi connectivity index (χ3v) is 4.30. The van der Waals surface area contributed by atoms with Crippen molar-refractivity contribution in [1.29, 1.82) is 0 Å². The normalized spacial score (nSPS) is 11.5. The van der Waals surface area contributed by atoms with E-state index in [0.29, 0.717) is 5.82 Å². The molecule has 3 rings (SSSR count). The van der Waals surface area contributed by atoms with Gasteiger partial charge in [0.2, 0.25) is 0 Å². The van der Waals surface area contributed by atoms with Gasteiger partial charge in [-0.3, -0.25) is 4.98 Å². The summed E-state index contributed by atoms with van der Waals surface area (Å²) in [5.74, 6) is 0.685. The van der Waals surface area contributed by atoms with Crippen molar-refractivity contribution >= 4 is 5.71 Å². The fourth-order valence-corrected chi connectivity index (χ4v) is 3.00. The van der Waals surface area contributed by atoms with E-state index >= 15 is 0 Å². The molecule has 6 heteroatoms. The Balaban J connectivity index is 1.69. The van der Waals surface area contributed by atoms with Crippen molar-refractivity contribution in [2.24, 2.45) is 5.16 Å². The maximum atomic E-state index is 4.83. The molecule has 0 aromatic carbocycles. The summed E-state index contributed by atoms with van der Waals surface area (Å²) in [7, 11) is 1.54. The third-order valence-electron chi connectivity index (χ3n) is 4.30. The van der Waals surface area contributed by atoms with Crippen LogP contribution in [0.2, 0.25) is 0 Å². The van der Waals surface area contributed by atoms with Crippen LogP contribution in [0.5, 0.6) is 0 Å². The molecule has 0 unspecified atom stereocenters. The van der Waals surface area contributed by atoms with Gasteiger partial charge in [0.05, 0.1) is 5.69 Å². The predicted octanol–water partition coefficient (Wildman–Crippen LogP) is 4.10. The number of hydrogen-bond acceptors (Lipinski definition) is 6. The Bertz CT molecular complexity index is 984. The number of aromatic nitrogens is 4. The quantitative estimate of drug-likeness (QED) is 0.459. The lowest BCUT2D eigenvalue weighted by atomic mass is 10.1. The van der Waals surface area contributed by atoms with E-state index in [1.807, 2.05) is 63.2 Å². The van der Waals surface area contributed by atoms with Gasteiger partial charge in [-0.2, -0.15) is 0 Å². The van der Waals surface area contributed by atoms with E-state index in [4.69, 9.17) is 9.82 Å². The number of rotatable bonds is 7. The van der Waals surface area contributed by atoms with Gasteiger partial charge in [0.1, 0.15) is 18.5 Å². The first-order valence-corrected chi connectivity index (χ1v) is 9.38. The maximum Gasteiger partial charge on any atom is 0.178 e. The topological polar surface area (TPSA) is 73.2 Å². The van der Waals surface area contributed by atoms with Gasteiger partial charge in [-0.05, 0) is 70.4 Å². The van der Waals surface area contributed by atoms with E-state index in [2.05, 4.69) is 20.1 Å². The third kappa shape index (κ3) is 5.19. The van der Waals surface area contributed by atoms with Gasteiger partial charge in [-0.15, -0.1) is 0 Å². The molecule has 0 amide bonds. The molecule has 0 aliphatic heterocycles. The molecule has 0 bridgehead atoms. The fourth-order valence-electron chi connectivity index (χ4n) is 3.00. The maximum absolute atomic E-state index is 4.83. The first-order chi connectivity index (χ1) is 13.5. The van der Waals surface area contributed by atoms with Crippen LogP contribution < -0.4 is 0 Å². The van der Waals surface area contributed by atoms with E-state index < -0.39 is 0 Å². The molecular formula is C22H25N5O. The van der Waals surface area contributed by atoms with Crippen molar-refractivity contribution in [2.75, 3.05) is 7.11 Å². The number of oxime groups is 1. The molecule has 0 fully saturated rings. The summed E-state index contributed by atoms with van der Waals surface area (Å²) in [6.07, 6.45) is 2.68. The molecule has 0 saturated heterocycles. The Labute approximate surface area is 165 Å². The Kier molecular flexibility index (Phi) is 6.42. The first-order valence-electron chi connectivity index (χ1n) is 9.38. The molecule has 3 heterocycles. The summed E-state index contributed by atoms with van der Waals surface area (Å²) in [5, 5.41) is 3.95. The molecule has 0 atom stereocenters. The van der Waals surface area contributed by atoms with Crippen LogP contribution in [0.15, 0.2) is 47.6 Å². The van der Waals surface area contributed by atoms with Crippen molar-refractivity contribution in [3.05, 3.63) is 70.9 Å². The van der Waals surface area contributed by atoms with Crippen LogP contribution in [0.1, 0.15) is 41.8 Å². The molecule has 3 aromatic heterocycles. The lowest BCUT2D eigenvalue weighted by molar-refractivity contribution is 0.213. The van der Waals surface area contributed by atoms with Crippen LogP contribution in [-0.2, 0) is 17.7 Å². The Morgan fingerprint density at radius 1 is 0.893 bits per heavy atom. The highest BCUT2D eigenvalue weighted by molar-refractivity contribution is 5.96. The van der Waals surface area contributed by atoms with E-state index in [1.165, 1.54) is 7.11 Å². The summed E-state index contributed by atoms with van der Waals surface area (Å²) >= 11 is 0. The smallest absolute Gasteiger partial charge is 0.178 e. The van der Waals surface area contributed by atoms with Crippen LogP contribution in [0.25, 0.3) is 11.5 Å². The lowest BCUT2D eigenvalue weighted by Gasteiger charge is -2.07. The highest BCUT2D eigenvalue weighted by atomic mass is 16.6. The monoisotopic (exact) mass is 375 g/mol. The van der Waals surface area contributed by atoms with Crippen LogP contribution in [0.4, 0.5) is 0 Å². The predicted molar refractivity (Wildman–Crippen MR) is 110 cm³/mol.